The molecule has 0 heterocycles. The van der Waals surface area contributed by atoms with Crippen LogP contribution in [0.15, 0.2) is 65.6 Å². The molecule has 3 aromatic rings. The molecule has 12 heteroatoms. The molecule has 3 N–H and O–H groups in total. The average Bonchev–Trinajstić information content (AvgIpc) is 2.76. The molecule has 0 saturated carbocycles. The van der Waals surface area contributed by atoms with E-state index in [-0.39, 0.29) is 23.7 Å². The number of carbonyl (C=O) groups is 1. The zero-order chi connectivity index (χ0) is 24.9. The molecule has 0 aliphatic carbocycles. The van der Waals surface area contributed by atoms with Crippen LogP contribution in [0.5, 0.6) is 5.75 Å². The normalized spacial score (nSPS) is 11.8. The second kappa shape index (κ2) is 10.2. The number of carbonyl (C=O) groups excluding carboxylic acids is 1. The number of hydrogen-bond donors (Lipinski definition) is 3. The van der Waals surface area contributed by atoms with Gasteiger partial charge in [-0.05, 0) is 24.3 Å². The molecule has 0 radical (unpaired) electrons. The molecule has 2 amide bonds. The number of urea groups is 1. The second-order valence-electron chi connectivity index (χ2n) is 7.35. The van der Waals surface area contributed by atoms with Gasteiger partial charge in [-0.1, -0.05) is 36.4 Å². The van der Waals surface area contributed by atoms with Crippen molar-refractivity contribution in [2.45, 2.75) is 11.3 Å². The molecule has 182 valence electrons. The number of ether oxygens (including phenoxy) is 1. The molecule has 3 rings (SSSR count). The largest absolute Gasteiger partial charge is 0.573 e. The van der Waals surface area contributed by atoms with E-state index < -0.39 is 28.2 Å². The number of nitrogens with zero attached hydrogens (tertiary/aromatic N) is 1. The molecule has 34 heavy (non-hydrogen) atoms. The highest BCUT2D eigenvalue weighted by Gasteiger charge is 2.32. The molecule has 3 aromatic carbocycles. The van der Waals surface area contributed by atoms with Gasteiger partial charge in [0.2, 0.25) is 10.0 Å². The van der Waals surface area contributed by atoms with Crippen LogP contribution in [0.4, 0.5) is 29.3 Å². The van der Waals surface area contributed by atoms with E-state index in [9.17, 15) is 26.4 Å². The van der Waals surface area contributed by atoms with Crippen molar-refractivity contribution in [2.75, 3.05) is 37.4 Å². The summed E-state index contributed by atoms with van der Waals surface area (Å²) < 4.78 is 69.5. The Balaban J connectivity index is 1.61. The second-order valence-corrected chi connectivity index (χ2v) is 9.08. The minimum Gasteiger partial charge on any atom is -0.404 e. The third-order valence-corrected chi connectivity index (χ3v) is 6.21. The topological polar surface area (TPSA) is 99.8 Å². The third-order valence-electron chi connectivity index (χ3n) is 4.69. The van der Waals surface area contributed by atoms with Crippen LogP contribution < -0.4 is 25.0 Å². The highest BCUT2D eigenvalue weighted by atomic mass is 32.2. The fraction of sp³-hybridized carbons (Fsp3) is 0.227. The first-order valence-corrected chi connectivity index (χ1v) is 11.5. The standard InChI is InChI=1S/C22H23F3N4O4S/c1-29(2)18-10-5-8-16-15(18)7-6-12-20(16)34(31,32)27-14-13-26-21(30)28-17-9-3-4-11-19(17)33-22(23,24)25/h3-12,27H,13-14H2,1-2H3,(H2,26,28,30). The Morgan fingerprint density at radius 1 is 0.941 bits per heavy atom. The number of hydrogen-bond acceptors (Lipinski definition) is 5. The Morgan fingerprint density at radius 2 is 1.62 bits per heavy atom. The molecule has 0 bridgehead atoms. The number of fused-ring (bicyclic) bond motifs is 1. The Morgan fingerprint density at radius 3 is 2.32 bits per heavy atom. The molecular formula is C22H23F3N4O4S. The Hall–Kier alpha value is -3.51. The quantitative estimate of drug-likeness (QED) is 0.411. The van der Waals surface area contributed by atoms with E-state index in [0.717, 1.165) is 17.1 Å². The third kappa shape index (κ3) is 6.29. The highest BCUT2D eigenvalue weighted by Crippen LogP contribution is 2.31. The molecule has 0 aliphatic rings. The lowest BCUT2D eigenvalue weighted by Crippen LogP contribution is -2.37. The van der Waals surface area contributed by atoms with E-state index >= 15 is 0 Å². The van der Waals surface area contributed by atoms with Crippen LogP contribution in [-0.2, 0) is 10.0 Å². The first-order chi connectivity index (χ1) is 16.0. The van der Waals surface area contributed by atoms with Gasteiger partial charge in [0, 0.05) is 43.6 Å². The summed E-state index contributed by atoms with van der Waals surface area (Å²) in [7, 11) is -0.179. The zero-order valence-corrected chi connectivity index (χ0v) is 19.1. The number of amides is 2. The zero-order valence-electron chi connectivity index (χ0n) is 18.3. The molecule has 0 saturated heterocycles. The summed E-state index contributed by atoms with van der Waals surface area (Å²) in [5.41, 5.74) is 0.674. The van der Waals surface area contributed by atoms with Crippen LogP contribution in [0.1, 0.15) is 0 Å². The Kier molecular flexibility index (Phi) is 7.52. The minimum absolute atomic E-state index is 0.0939. The van der Waals surface area contributed by atoms with E-state index in [0.29, 0.717) is 5.39 Å². The summed E-state index contributed by atoms with van der Waals surface area (Å²) in [5.74, 6) is -0.570. The predicted octanol–water partition coefficient (Wildman–Crippen LogP) is 3.90. The minimum atomic E-state index is -4.92. The monoisotopic (exact) mass is 496 g/mol. The Bertz CT molecular complexity index is 1280. The number of rotatable bonds is 8. The van der Waals surface area contributed by atoms with Crippen LogP contribution in [-0.4, -0.2) is 48.0 Å². The van der Waals surface area contributed by atoms with Crippen molar-refractivity contribution in [1.82, 2.24) is 10.0 Å². The van der Waals surface area contributed by atoms with Gasteiger partial charge < -0.3 is 20.3 Å². The number of nitrogens with one attached hydrogen (secondary N) is 3. The molecule has 0 aromatic heterocycles. The van der Waals surface area contributed by atoms with Gasteiger partial charge in [0.15, 0.2) is 5.75 Å². The van der Waals surface area contributed by atoms with Gasteiger partial charge >= 0.3 is 12.4 Å². The van der Waals surface area contributed by atoms with Crippen molar-refractivity contribution in [2.24, 2.45) is 0 Å². The number of halogens is 3. The van der Waals surface area contributed by atoms with Crippen LogP contribution in [0.3, 0.4) is 0 Å². The van der Waals surface area contributed by atoms with Crippen molar-refractivity contribution < 1.29 is 31.1 Å². The van der Waals surface area contributed by atoms with Crippen molar-refractivity contribution in [3.05, 3.63) is 60.7 Å². The number of sulfonamides is 1. The molecule has 0 unspecified atom stereocenters. The molecule has 0 aliphatic heterocycles. The molecule has 0 spiro atoms. The molecule has 0 fully saturated rings. The number of anilines is 2. The first kappa shape index (κ1) is 25.1. The maximum absolute atomic E-state index is 12.9. The van der Waals surface area contributed by atoms with Gasteiger partial charge in [-0.2, -0.15) is 0 Å². The highest BCUT2D eigenvalue weighted by molar-refractivity contribution is 7.89. The van der Waals surface area contributed by atoms with Gasteiger partial charge in [-0.15, -0.1) is 13.2 Å². The fourth-order valence-electron chi connectivity index (χ4n) is 3.28. The van der Waals surface area contributed by atoms with E-state index in [4.69, 9.17) is 0 Å². The van der Waals surface area contributed by atoms with Crippen LogP contribution >= 0.6 is 0 Å². The smallest absolute Gasteiger partial charge is 0.404 e. The maximum atomic E-state index is 12.9. The number of benzene rings is 3. The molecule has 0 atom stereocenters. The van der Waals surface area contributed by atoms with Crippen LogP contribution in [0, 0.1) is 0 Å². The van der Waals surface area contributed by atoms with Crippen molar-refractivity contribution in [1.29, 1.82) is 0 Å². The summed E-state index contributed by atoms with van der Waals surface area (Å²) >= 11 is 0. The number of alkyl halides is 3. The van der Waals surface area contributed by atoms with Crippen LogP contribution in [0.2, 0.25) is 0 Å². The summed E-state index contributed by atoms with van der Waals surface area (Å²) in [5, 5.41) is 5.95. The Labute approximate surface area is 194 Å². The molecular weight excluding hydrogens is 473 g/mol. The van der Waals surface area contributed by atoms with Gasteiger partial charge in [0.25, 0.3) is 0 Å². The van der Waals surface area contributed by atoms with Gasteiger partial charge in [-0.25, -0.2) is 17.9 Å². The lowest BCUT2D eigenvalue weighted by atomic mass is 10.1. The first-order valence-electron chi connectivity index (χ1n) is 10.1. The van der Waals surface area contributed by atoms with Crippen molar-refractivity contribution in [3.8, 4) is 5.75 Å². The maximum Gasteiger partial charge on any atom is 0.573 e. The van der Waals surface area contributed by atoms with Crippen molar-refractivity contribution in [3.63, 3.8) is 0 Å². The predicted molar refractivity (Wildman–Crippen MR) is 124 cm³/mol. The lowest BCUT2D eigenvalue weighted by Gasteiger charge is -2.17. The van der Waals surface area contributed by atoms with E-state index in [1.54, 1.807) is 18.2 Å². The SMILES string of the molecule is CN(C)c1cccc2c(S(=O)(=O)NCCNC(=O)Nc3ccccc3OC(F)(F)F)cccc12. The average molecular weight is 497 g/mol. The summed E-state index contributed by atoms with van der Waals surface area (Å²) in [6, 6.07) is 14.6. The van der Waals surface area contributed by atoms with E-state index in [1.165, 1.54) is 24.3 Å². The van der Waals surface area contributed by atoms with Gasteiger partial charge in [0.1, 0.15) is 0 Å². The summed E-state index contributed by atoms with van der Waals surface area (Å²) in [6.07, 6.45) is -4.92. The summed E-state index contributed by atoms with van der Waals surface area (Å²) in [4.78, 5) is 14.0. The summed E-state index contributed by atoms with van der Waals surface area (Å²) in [6.45, 7) is -0.249. The van der Waals surface area contributed by atoms with E-state index in [2.05, 4.69) is 20.1 Å². The fourth-order valence-corrected chi connectivity index (χ4v) is 4.53. The van der Waals surface area contributed by atoms with Crippen LogP contribution in [0.25, 0.3) is 10.8 Å². The number of para-hydroxylation sites is 2. The molecule has 8 nitrogen and oxygen atoms in total. The van der Waals surface area contributed by atoms with Crippen molar-refractivity contribution >= 4 is 38.2 Å². The van der Waals surface area contributed by atoms with E-state index in [1.807, 2.05) is 31.1 Å². The van der Waals surface area contributed by atoms with Gasteiger partial charge in [-0.3, -0.25) is 0 Å². The lowest BCUT2D eigenvalue weighted by molar-refractivity contribution is -0.274. The van der Waals surface area contributed by atoms with Gasteiger partial charge in [0.05, 0.1) is 10.6 Å².